The molecule has 0 radical (unpaired) electrons. The lowest BCUT2D eigenvalue weighted by Crippen LogP contribution is -1.81. The fraction of sp³-hybridized carbons (Fsp3) is 0. The summed E-state index contributed by atoms with van der Waals surface area (Å²) in [6.07, 6.45) is 0. The van der Waals surface area contributed by atoms with Gasteiger partial charge in [0.2, 0.25) is 0 Å². The van der Waals surface area contributed by atoms with Crippen molar-refractivity contribution in [2.24, 2.45) is 0 Å². The second kappa shape index (κ2) is 5.91. The van der Waals surface area contributed by atoms with Crippen molar-refractivity contribution in [2.45, 2.75) is 9.10 Å². The summed E-state index contributed by atoms with van der Waals surface area (Å²) in [6.45, 7) is 0. The Kier molecular flexibility index (Phi) is 4.00. The van der Waals surface area contributed by atoms with Gasteiger partial charge in [0.15, 0.2) is 0 Å². The number of halogens is 2. The van der Waals surface area contributed by atoms with E-state index in [9.17, 15) is 4.39 Å². The van der Waals surface area contributed by atoms with Gasteiger partial charge in [0, 0.05) is 15.5 Å². The Morgan fingerprint density at radius 1 is 1.00 bits per heavy atom. The predicted molar refractivity (Wildman–Crippen MR) is 80.9 cm³/mol. The van der Waals surface area contributed by atoms with Gasteiger partial charge in [-0.2, -0.15) is 0 Å². The molecule has 100 valence electrons. The fourth-order valence-electron chi connectivity index (χ4n) is 1.64. The summed E-state index contributed by atoms with van der Waals surface area (Å²) in [6, 6.07) is 13.8. The average molecular weight is 323 g/mol. The molecule has 2 nitrogen and oxygen atoms in total. The molecule has 0 aliphatic rings. The van der Waals surface area contributed by atoms with Gasteiger partial charge in [-0.15, -0.1) is 5.10 Å². The van der Waals surface area contributed by atoms with Crippen molar-refractivity contribution in [3.05, 3.63) is 59.4 Å². The Morgan fingerprint density at radius 3 is 2.40 bits per heavy atom. The minimum atomic E-state index is -0.241. The van der Waals surface area contributed by atoms with Gasteiger partial charge in [0.25, 0.3) is 0 Å². The summed E-state index contributed by atoms with van der Waals surface area (Å²) < 4.78 is 17.9. The standard InChI is InChI=1S/C14H8ClFN2S2/c15-10-3-1-9(2-4-10)13-14(20-18-17-13)19-12-7-5-11(16)6-8-12/h1-8H. The summed E-state index contributed by atoms with van der Waals surface area (Å²) in [5.41, 5.74) is 1.79. The summed E-state index contributed by atoms with van der Waals surface area (Å²) in [5.74, 6) is -0.241. The first kappa shape index (κ1) is 13.5. The van der Waals surface area contributed by atoms with Gasteiger partial charge < -0.3 is 0 Å². The van der Waals surface area contributed by atoms with Crippen LogP contribution in [0.2, 0.25) is 5.02 Å². The topological polar surface area (TPSA) is 25.8 Å². The highest BCUT2D eigenvalue weighted by Crippen LogP contribution is 2.37. The molecule has 0 aliphatic carbocycles. The average Bonchev–Trinajstić information content (AvgIpc) is 2.90. The van der Waals surface area contributed by atoms with Crippen molar-refractivity contribution in [1.29, 1.82) is 0 Å². The number of hydrogen-bond acceptors (Lipinski definition) is 4. The lowest BCUT2D eigenvalue weighted by atomic mass is 10.2. The molecule has 0 bridgehead atoms. The molecular formula is C14H8ClFN2S2. The van der Waals surface area contributed by atoms with Crippen LogP contribution < -0.4 is 0 Å². The maximum absolute atomic E-state index is 12.9. The van der Waals surface area contributed by atoms with Gasteiger partial charge in [-0.3, -0.25) is 0 Å². The lowest BCUT2D eigenvalue weighted by Gasteiger charge is -2.02. The van der Waals surface area contributed by atoms with E-state index in [1.807, 2.05) is 24.3 Å². The Bertz CT molecular complexity index is 711. The van der Waals surface area contributed by atoms with Crippen LogP contribution in [0.1, 0.15) is 0 Å². The molecule has 0 amide bonds. The summed E-state index contributed by atoms with van der Waals surface area (Å²) in [4.78, 5) is 0.952. The van der Waals surface area contributed by atoms with Crippen molar-refractivity contribution in [1.82, 2.24) is 9.59 Å². The zero-order valence-corrected chi connectivity index (χ0v) is 12.5. The van der Waals surface area contributed by atoms with Crippen LogP contribution in [-0.4, -0.2) is 9.59 Å². The van der Waals surface area contributed by atoms with E-state index >= 15 is 0 Å². The highest BCUT2D eigenvalue weighted by Gasteiger charge is 2.12. The Balaban J connectivity index is 1.90. The molecule has 1 heterocycles. The van der Waals surface area contributed by atoms with Gasteiger partial charge in [-0.05, 0) is 47.9 Å². The van der Waals surface area contributed by atoms with E-state index in [1.54, 1.807) is 12.1 Å². The van der Waals surface area contributed by atoms with Gasteiger partial charge in [0.1, 0.15) is 15.7 Å². The zero-order valence-electron chi connectivity index (χ0n) is 10.1. The van der Waals surface area contributed by atoms with Crippen LogP contribution in [0.3, 0.4) is 0 Å². The molecule has 0 unspecified atom stereocenters. The first-order chi connectivity index (χ1) is 9.72. The second-order valence-corrected chi connectivity index (χ2v) is 6.50. The first-order valence-electron chi connectivity index (χ1n) is 5.74. The molecule has 0 atom stereocenters. The SMILES string of the molecule is Fc1ccc(Sc2snnc2-c2ccc(Cl)cc2)cc1. The third-order valence-corrected chi connectivity index (χ3v) is 4.73. The van der Waals surface area contributed by atoms with Gasteiger partial charge in [0.05, 0.1) is 0 Å². The monoisotopic (exact) mass is 322 g/mol. The van der Waals surface area contributed by atoms with Crippen LogP contribution >= 0.6 is 34.9 Å². The van der Waals surface area contributed by atoms with Crippen molar-refractivity contribution in [3.63, 3.8) is 0 Å². The van der Waals surface area contributed by atoms with Gasteiger partial charge >= 0.3 is 0 Å². The van der Waals surface area contributed by atoms with Gasteiger partial charge in [-0.1, -0.05) is 40.0 Å². The van der Waals surface area contributed by atoms with E-state index in [0.29, 0.717) is 5.02 Å². The Morgan fingerprint density at radius 2 is 1.70 bits per heavy atom. The van der Waals surface area contributed by atoms with Crippen molar-refractivity contribution in [2.75, 3.05) is 0 Å². The van der Waals surface area contributed by atoms with Crippen LogP contribution in [0.25, 0.3) is 11.3 Å². The van der Waals surface area contributed by atoms with E-state index in [-0.39, 0.29) is 5.82 Å². The highest BCUT2D eigenvalue weighted by molar-refractivity contribution is 8.01. The minimum absolute atomic E-state index is 0.241. The van der Waals surface area contributed by atoms with Crippen LogP contribution in [-0.2, 0) is 0 Å². The van der Waals surface area contributed by atoms with Crippen LogP contribution in [0.15, 0.2) is 57.6 Å². The van der Waals surface area contributed by atoms with E-state index in [4.69, 9.17) is 11.6 Å². The quantitative estimate of drug-likeness (QED) is 0.667. The van der Waals surface area contributed by atoms with Crippen LogP contribution in [0.5, 0.6) is 0 Å². The molecular weight excluding hydrogens is 315 g/mol. The maximum atomic E-state index is 12.9. The number of benzene rings is 2. The lowest BCUT2D eigenvalue weighted by molar-refractivity contribution is 0.626. The van der Waals surface area contributed by atoms with Gasteiger partial charge in [-0.25, -0.2) is 4.39 Å². The maximum Gasteiger partial charge on any atom is 0.123 e. The van der Waals surface area contributed by atoms with E-state index < -0.39 is 0 Å². The molecule has 6 heteroatoms. The molecule has 0 saturated carbocycles. The molecule has 0 fully saturated rings. The number of rotatable bonds is 3. The number of nitrogens with zero attached hydrogens (tertiary/aromatic N) is 2. The molecule has 0 saturated heterocycles. The summed E-state index contributed by atoms with van der Waals surface area (Å²) in [7, 11) is 0. The Hall–Kier alpha value is -1.43. The fourth-order valence-corrected chi connectivity index (χ4v) is 3.49. The number of hydrogen-bond donors (Lipinski definition) is 0. The van der Waals surface area contributed by atoms with E-state index in [0.717, 1.165) is 20.4 Å². The molecule has 3 rings (SSSR count). The second-order valence-electron chi connectivity index (χ2n) is 3.97. The third kappa shape index (κ3) is 3.00. The molecule has 0 N–H and O–H groups in total. The third-order valence-electron chi connectivity index (χ3n) is 2.60. The predicted octanol–water partition coefficient (Wildman–Crippen LogP) is 5.15. The molecule has 1 aromatic heterocycles. The van der Waals surface area contributed by atoms with Crippen molar-refractivity contribution >= 4 is 34.9 Å². The van der Waals surface area contributed by atoms with Crippen molar-refractivity contribution in [3.8, 4) is 11.3 Å². The largest absolute Gasteiger partial charge is 0.207 e. The zero-order chi connectivity index (χ0) is 13.9. The first-order valence-corrected chi connectivity index (χ1v) is 7.71. The van der Waals surface area contributed by atoms with E-state index in [2.05, 4.69) is 9.59 Å². The molecule has 0 spiro atoms. The molecule has 20 heavy (non-hydrogen) atoms. The number of aromatic nitrogens is 2. The molecule has 0 aliphatic heterocycles. The van der Waals surface area contributed by atoms with Crippen molar-refractivity contribution < 1.29 is 4.39 Å². The summed E-state index contributed by atoms with van der Waals surface area (Å²) >= 11 is 8.73. The molecule has 2 aromatic carbocycles. The molecule has 3 aromatic rings. The Labute approximate surface area is 128 Å². The highest BCUT2D eigenvalue weighted by atomic mass is 35.5. The smallest absolute Gasteiger partial charge is 0.123 e. The summed E-state index contributed by atoms with van der Waals surface area (Å²) in [5, 5.41) is 4.85. The van der Waals surface area contributed by atoms with Crippen LogP contribution in [0, 0.1) is 5.82 Å². The van der Waals surface area contributed by atoms with E-state index in [1.165, 1.54) is 35.4 Å². The normalized spacial score (nSPS) is 10.7. The van der Waals surface area contributed by atoms with Crippen LogP contribution in [0.4, 0.5) is 4.39 Å². The minimum Gasteiger partial charge on any atom is -0.207 e.